The molecule has 1 heterocycles. The van der Waals surface area contributed by atoms with E-state index in [0.717, 1.165) is 22.5 Å². The van der Waals surface area contributed by atoms with Gasteiger partial charge in [-0.25, -0.2) is 17.2 Å². The van der Waals surface area contributed by atoms with Crippen LogP contribution < -0.4 is 19.1 Å². The number of carbonyl (C=O) groups excluding carboxylic acids is 1. The Morgan fingerprint density at radius 3 is 2.34 bits per heavy atom. The molecule has 0 aromatic heterocycles. The molecule has 1 aliphatic rings. The second kappa shape index (κ2) is 8.83. The first-order valence-electron chi connectivity index (χ1n) is 9.56. The van der Waals surface area contributed by atoms with Crippen LogP contribution in [0.4, 0.5) is 20.2 Å². The second-order valence-corrected chi connectivity index (χ2v) is 8.71. The molecule has 0 spiro atoms. The van der Waals surface area contributed by atoms with Gasteiger partial charge in [-0.1, -0.05) is 6.07 Å². The summed E-state index contributed by atoms with van der Waals surface area (Å²) in [5.74, 6) is -1.15. The van der Waals surface area contributed by atoms with E-state index in [1.165, 1.54) is 48.5 Å². The minimum atomic E-state index is -4.26. The normalized spacial score (nSPS) is 12.8. The molecule has 3 aromatic rings. The van der Waals surface area contributed by atoms with Gasteiger partial charge in [-0.15, -0.1) is 0 Å². The van der Waals surface area contributed by atoms with Crippen molar-refractivity contribution in [3.63, 3.8) is 0 Å². The smallest absolute Gasteiger partial charge is 0.264 e. The van der Waals surface area contributed by atoms with Gasteiger partial charge in [0.2, 0.25) is 5.91 Å². The number of nitrogens with zero attached hydrogens (tertiary/aromatic N) is 1. The fourth-order valence-corrected chi connectivity index (χ4v) is 4.57. The zero-order valence-electron chi connectivity index (χ0n) is 16.6. The number of hydrogen-bond donors (Lipinski definition) is 1. The Balaban J connectivity index is 1.67. The molecule has 1 amide bonds. The maximum atomic E-state index is 13.4. The average Bonchev–Trinajstić information content (AvgIpc) is 2.78. The largest absolute Gasteiger partial charge is 0.486 e. The molecule has 0 unspecified atom stereocenters. The minimum Gasteiger partial charge on any atom is -0.486 e. The Morgan fingerprint density at radius 1 is 0.906 bits per heavy atom. The molecular formula is C22H18F2N2O5S. The summed E-state index contributed by atoms with van der Waals surface area (Å²) >= 11 is 0. The van der Waals surface area contributed by atoms with Gasteiger partial charge in [-0.05, 0) is 54.6 Å². The summed E-state index contributed by atoms with van der Waals surface area (Å²) in [7, 11) is -4.26. The second-order valence-electron chi connectivity index (χ2n) is 6.85. The molecule has 1 N–H and O–H groups in total. The summed E-state index contributed by atoms with van der Waals surface area (Å²) in [6, 6.07) is 14.0. The molecule has 166 valence electrons. The van der Waals surface area contributed by atoms with E-state index in [0.29, 0.717) is 12.4 Å². The van der Waals surface area contributed by atoms with Gasteiger partial charge in [-0.3, -0.25) is 9.10 Å². The first-order chi connectivity index (χ1) is 15.3. The third-order valence-electron chi connectivity index (χ3n) is 4.61. The van der Waals surface area contributed by atoms with Gasteiger partial charge in [0.25, 0.3) is 10.0 Å². The fourth-order valence-electron chi connectivity index (χ4n) is 3.13. The average molecular weight is 460 g/mol. The van der Waals surface area contributed by atoms with Gasteiger partial charge < -0.3 is 14.8 Å². The van der Waals surface area contributed by atoms with E-state index in [-0.39, 0.29) is 28.6 Å². The monoisotopic (exact) mass is 460 g/mol. The van der Waals surface area contributed by atoms with E-state index in [4.69, 9.17) is 9.47 Å². The zero-order chi connectivity index (χ0) is 22.7. The highest BCUT2D eigenvalue weighted by molar-refractivity contribution is 7.92. The zero-order valence-corrected chi connectivity index (χ0v) is 17.4. The van der Waals surface area contributed by atoms with Crippen molar-refractivity contribution in [1.29, 1.82) is 0 Å². The van der Waals surface area contributed by atoms with E-state index in [1.54, 1.807) is 0 Å². The maximum absolute atomic E-state index is 13.4. The molecule has 10 heteroatoms. The number of ether oxygens (including phenoxy) is 2. The third kappa shape index (κ3) is 4.65. The fraction of sp³-hybridized carbons (Fsp3) is 0.136. The van der Waals surface area contributed by atoms with Crippen LogP contribution in [-0.2, 0) is 14.8 Å². The molecule has 0 atom stereocenters. The van der Waals surface area contributed by atoms with Crippen LogP contribution in [0.1, 0.15) is 0 Å². The van der Waals surface area contributed by atoms with Gasteiger partial charge in [0.1, 0.15) is 31.4 Å². The van der Waals surface area contributed by atoms with Crippen molar-refractivity contribution >= 4 is 27.3 Å². The van der Waals surface area contributed by atoms with Crippen LogP contribution in [0.15, 0.2) is 71.6 Å². The van der Waals surface area contributed by atoms with Crippen molar-refractivity contribution in [2.75, 3.05) is 29.4 Å². The van der Waals surface area contributed by atoms with Crippen molar-refractivity contribution in [1.82, 2.24) is 0 Å². The lowest BCUT2D eigenvalue weighted by Gasteiger charge is -2.25. The molecule has 32 heavy (non-hydrogen) atoms. The van der Waals surface area contributed by atoms with Gasteiger partial charge in [0.15, 0.2) is 11.5 Å². The van der Waals surface area contributed by atoms with Crippen molar-refractivity contribution in [3.8, 4) is 11.5 Å². The number of amides is 1. The molecule has 4 rings (SSSR count). The van der Waals surface area contributed by atoms with Crippen LogP contribution in [0.5, 0.6) is 11.5 Å². The number of benzene rings is 3. The predicted octanol–water partition coefficient (Wildman–Crippen LogP) is 3.57. The van der Waals surface area contributed by atoms with Crippen LogP contribution in [0.3, 0.4) is 0 Å². The third-order valence-corrected chi connectivity index (χ3v) is 6.38. The number of carbonyl (C=O) groups is 1. The first kappa shape index (κ1) is 21.6. The molecule has 0 bridgehead atoms. The Hall–Kier alpha value is -3.66. The van der Waals surface area contributed by atoms with Crippen LogP contribution in [-0.4, -0.2) is 34.1 Å². The summed E-state index contributed by atoms with van der Waals surface area (Å²) in [5.41, 5.74) is 0.251. The molecule has 1 aliphatic heterocycles. The predicted molar refractivity (Wildman–Crippen MR) is 113 cm³/mol. The summed E-state index contributed by atoms with van der Waals surface area (Å²) in [6.45, 7) is -0.00576. The van der Waals surface area contributed by atoms with Gasteiger partial charge >= 0.3 is 0 Å². The van der Waals surface area contributed by atoms with Crippen LogP contribution in [0.25, 0.3) is 0 Å². The van der Waals surface area contributed by atoms with Crippen LogP contribution in [0, 0.1) is 11.6 Å². The van der Waals surface area contributed by atoms with Gasteiger partial charge in [0.05, 0.1) is 10.6 Å². The molecular weight excluding hydrogens is 442 g/mol. The van der Waals surface area contributed by atoms with E-state index in [2.05, 4.69) is 5.32 Å². The minimum absolute atomic E-state index is 0.0793. The molecule has 0 fully saturated rings. The number of anilines is 2. The van der Waals surface area contributed by atoms with E-state index in [9.17, 15) is 22.0 Å². The SMILES string of the molecule is O=C(CN(c1ccc(F)cc1)S(=O)(=O)c1ccc2c(c1)OCCO2)Nc1cccc(F)c1. The number of halogens is 2. The summed E-state index contributed by atoms with van der Waals surface area (Å²) < 4.78 is 65.5. The molecule has 0 saturated heterocycles. The quantitative estimate of drug-likeness (QED) is 0.608. The standard InChI is InChI=1S/C22H18F2N2O5S/c23-15-4-6-18(7-5-15)26(14-22(27)25-17-3-1-2-16(24)12-17)32(28,29)19-8-9-20-21(13-19)31-11-10-30-20/h1-9,12-13H,10-11,14H2,(H,25,27). The van der Waals surface area contributed by atoms with Gasteiger partial charge in [0, 0.05) is 11.8 Å². The topological polar surface area (TPSA) is 84.9 Å². The summed E-state index contributed by atoms with van der Waals surface area (Å²) in [4.78, 5) is 12.5. The lowest BCUT2D eigenvalue weighted by molar-refractivity contribution is -0.114. The highest BCUT2D eigenvalue weighted by Gasteiger charge is 2.29. The van der Waals surface area contributed by atoms with Crippen molar-refractivity contribution < 1.29 is 31.5 Å². The number of nitrogens with one attached hydrogen (secondary N) is 1. The van der Waals surface area contributed by atoms with Gasteiger partial charge in [-0.2, -0.15) is 0 Å². The lowest BCUT2D eigenvalue weighted by Crippen LogP contribution is -2.38. The van der Waals surface area contributed by atoms with Crippen molar-refractivity contribution in [2.24, 2.45) is 0 Å². The first-order valence-corrected chi connectivity index (χ1v) is 11.0. The molecule has 0 radical (unpaired) electrons. The number of sulfonamides is 1. The highest BCUT2D eigenvalue weighted by atomic mass is 32.2. The molecule has 3 aromatic carbocycles. The highest BCUT2D eigenvalue weighted by Crippen LogP contribution is 2.34. The van der Waals surface area contributed by atoms with Crippen molar-refractivity contribution in [3.05, 3.63) is 78.4 Å². The Morgan fingerprint density at radius 2 is 1.62 bits per heavy atom. The van der Waals surface area contributed by atoms with Crippen LogP contribution in [0.2, 0.25) is 0 Å². The van der Waals surface area contributed by atoms with Crippen LogP contribution >= 0.6 is 0 Å². The Bertz CT molecular complexity index is 1250. The Labute approximate surface area is 183 Å². The number of fused-ring (bicyclic) bond motifs is 1. The lowest BCUT2D eigenvalue weighted by atomic mass is 10.3. The molecule has 0 saturated carbocycles. The number of hydrogen-bond acceptors (Lipinski definition) is 5. The van der Waals surface area contributed by atoms with E-state index < -0.39 is 34.1 Å². The van der Waals surface area contributed by atoms with E-state index in [1.807, 2.05) is 0 Å². The van der Waals surface area contributed by atoms with E-state index >= 15 is 0 Å². The molecule has 7 nitrogen and oxygen atoms in total. The number of rotatable bonds is 6. The van der Waals surface area contributed by atoms with Crippen molar-refractivity contribution in [2.45, 2.75) is 4.90 Å². The summed E-state index contributed by atoms with van der Waals surface area (Å²) in [6.07, 6.45) is 0. The summed E-state index contributed by atoms with van der Waals surface area (Å²) in [5, 5.41) is 2.46. The molecule has 0 aliphatic carbocycles. The Kier molecular flexibility index (Phi) is 5.95. The maximum Gasteiger partial charge on any atom is 0.264 e.